The first kappa shape index (κ1) is 11.9. The van der Waals surface area contributed by atoms with Crippen LogP contribution in [0, 0.1) is 5.82 Å². The number of benzene rings is 1. The van der Waals surface area contributed by atoms with Crippen LogP contribution < -0.4 is 5.32 Å². The van der Waals surface area contributed by atoms with Crippen molar-refractivity contribution in [3.8, 4) is 0 Å². The van der Waals surface area contributed by atoms with Gasteiger partial charge in [0.2, 0.25) is 0 Å². The number of hydrogen-bond acceptors (Lipinski definition) is 2. The van der Waals surface area contributed by atoms with Crippen molar-refractivity contribution in [3.63, 3.8) is 0 Å². The number of halogens is 2. The van der Waals surface area contributed by atoms with Crippen molar-refractivity contribution in [3.05, 3.63) is 34.6 Å². The molecule has 0 aliphatic heterocycles. The Morgan fingerprint density at radius 1 is 1.67 bits per heavy atom. The molecule has 0 radical (unpaired) electrons. The molecule has 0 saturated heterocycles. The van der Waals surface area contributed by atoms with Crippen molar-refractivity contribution in [2.45, 2.75) is 13.0 Å². The molecular formula is C10H11ClFNO2. The van der Waals surface area contributed by atoms with Crippen LogP contribution in [0.3, 0.4) is 0 Å². The SMILES string of the molecule is CC(CO)NC(=O)c1cc(Cl)ccc1F. The zero-order valence-corrected chi connectivity index (χ0v) is 8.88. The van der Waals surface area contributed by atoms with Crippen LogP contribution >= 0.6 is 11.6 Å². The van der Waals surface area contributed by atoms with Gasteiger partial charge in [0.15, 0.2) is 0 Å². The van der Waals surface area contributed by atoms with Gasteiger partial charge in [0.25, 0.3) is 5.91 Å². The minimum absolute atomic E-state index is 0.122. The van der Waals surface area contributed by atoms with Gasteiger partial charge in [-0.25, -0.2) is 4.39 Å². The second-order valence-corrected chi connectivity index (χ2v) is 3.62. The van der Waals surface area contributed by atoms with Gasteiger partial charge >= 0.3 is 0 Å². The van der Waals surface area contributed by atoms with Crippen LogP contribution in [0.5, 0.6) is 0 Å². The van der Waals surface area contributed by atoms with E-state index in [4.69, 9.17) is 16.7 Å². The van der Waals surface area contributed by atoms with Gasteiger partial charge in [-0.15, -0.1) is 0 Å². The van der Waals surface area contributed by atoms with Crippen LogP contribution in [0.2, 0.25) is 5.02 Å². The maximum atomic E-state index is 13.2. The minimum Gasteiger partial charge on any atom is -0.394 e. The second-order valence-electron chi connectivity index (χ2n) is 3.18. The standard InChI is InChI=1S/C10H11ClFNO2/c1-6(5-14)13-10(15)8-4-7(11)2-3-9(8)12/h2-4,6,14H,5H2,1H3,(H,13,15). The normalized spacial score (nSPS) is 12.3. The molecule has 1 unspecified atom stereocenters. The van der Waals surface area contributed by atoms with Crippen molar-refractivity contribution in [2.75, 3.05) is 6.61 Å². The average molecular weight is 232 g/mol. The summed E-state index contributed by atoms with van der Waals surface area (Å²) in [5.41, 5.74) is -0.122. The molecule has 0 fully saturated rings. The van der Waals surface area contributed by atoms with Crippen LogP contribution in [0.25, 0.3) is 0 Å². The molecule has 1 aromatic carbocycles. The van der Waals surface area contributed by atoms with Crippen LogP contribution in [-0.4, -0.2) is 23.7 Å². The predicted octanol–water partition coefficient (Wildman–Crippen LogP) is 1.59. The van der Waals surface area contributed by atoms with Crippen LogP contribution in [0.4, 0.5) is 4.39 Å². The molecule has 0 aromatic heterocycles. The highest BCUT2D eigenvalue weighted by atomic mass is 35.5. The van der Waals surface area contributed by atoms with Crippen LogP contribution in [0.15, 0.2) is 18.2 Å². The molecule has 5 heteroatoms. The van der Waals surface area contributed by atoms with Gasteiger partial charge in [-0.05, 0) is 25.1 Å². The molecule has 1 rings (SSSR count). The Morgan fingerprint density at radius 3 is 2.93 bits per heavy atom. The lowest BCUT2D eigenvalue weighted by Crippen LogP contribution is -2.35. The first-order valence-electron chi connectivity index (χ1n) is 4.41. The largest absolute Gasteiger partial charge is 0.394 e. The molecule has 3 nitrogen and oxygen atoms in total. The highest BCUT2D eigenvalue weighted by Gasteiger charge is 2.13. The van der Waals surface area contributed by atoms with Crippen LogP contribution in [0.1, 0.15) is 17.3 Å². The monoisotopic (exact) mass is 231 g/mol. The van der Waals surface area contributed by atoms with Crippen molar-refractivity contribution < 1.29 is 14.3 Å². The number of carbonyl (C=O) groups excluding carboxylic acids is 1. The van der Waals surface area contributed by atoms with E-state index in [9.17, 15) is 9.18 Å². The molecule has 0 bridgehead atoms. The van der Waals surface area contributed by atoms with Gasteiger partial charge in [-0.1, -0.05) is 11.6 Å². The van der Waals surface area contributed by atoms with E-state index in [1.165, 1.54) is 12.1 Å². The number of aliphatic hydroxyl groups is 1. The molecule has 2 N–H and O–H groups in total. The van der Waals surface area contributed by atoms with E-state index >= 15 is 0 Å². The summed E-state index contributed by atoms with van der Waals surface area (Å²) >= 11 is 5.64. The molecule has 0 aliphatic carbocycles. The second kappa shape index (κ2) is 5.09. The molecule has 1 amide bonds. The lowest BCUT2D eigenvalue weighted by molar-refractivity contribution is 0.0918. The number of aliphatic hydroxyl groups excluding tert-OH is 1. The Labute approximate surface area is 91.9 Å². The van der Waals surface area contributed by atoms with E-state index in [1.54, 1.807) is 6.92 Å². The van der Waals surface area contributed by atoms with E-state index in [2.05, 4.69) is 5.32 Å². The molecule has 15 heavy (non-hydrogen) atoms. The number of rotatable bonds is 3. The Balaban J connectivity index is 2.86. The number of hydrogen-bond donors (Lipinski definition) is 2. The fraction of sp³-hybridized carbons (Fsp3) is 0.300. The molecule has 0 aliphatic rings. The molecule has 1 aromatic rings. The first-order valence-corrected chi connectivity index (χ1v) is 4.79. The fourth-order valence-electron chi connectivity index (χ4n) is 1.02. The Kier molecular flexibility index (Phi) is 4.05. The van der Waals surface area contributed by atoms with Crippen LogP contribution in [-0.2, 0) is 0 Å². The summed E-state index contributed by atoms with van der Waals surface area (Å²) in [6, 6.07) is 3.32. The summed E-state index contributed by atoms with van der Waals surface area (Å²) < 4.78 is 13.2. The first-order chi connectivity index (χ1) is 7.04. The van der Waals surface area contributed by atoms with Crippen molar-refractivity contribution in [1.82, 2.24) is 5.32 Å². The Bertz CT molecular complexity index is 370. The predicted molar refractivity (Wildman–Crippen MR) is 55.4 cm³/mol. The average Bonchev–Trinajstić information content (AvgIpc) is 2.21. The van der Waals surface area contributed by atoms with Crippen molar-refractivity contribution >= 4 is 17.5 Å². The maximum Gasteiger partial charge on any atom is 0.254 e. The highest BCUT2D eigenvalue weighted by Crippen LogP contribution is 2.14. The maximum absolute atomic E-state index is 13.2. The highest BCUT2D eigenvalue weighted by molar-refractivity contribution is 6.30. The minimum atomic E-state index is -0.637. The summed E-state index contributed by atoms with van der Waals surface area (Å²) in [5.74, 6) is -1.22. The zero-order valence-electron chi connectivity index (χ0n) is 8.13. The van der Waals surface area contributed by atoms with Crippen molar-refractivity contribution in [1.29, 1.82) is 0 Å². The summed E-state index contributed by atoms with van der Waals surface area (Å²) in [6.45, 7) is 1.41. The van der Waals surface area contributed by atoms with E-state index in [-0.39, 0.29) is 12.2 Å². The third-order valence-corrected chi connectivity index (χ3v) is 2.06. The molecule has 0 saturated carbocycles. The lowest BCUT2D eigenvalue weighted by Gasteiger charge is -2.11. The molecular weight excluding hydrogens is 221 g/mol. The van der Waals surface area contributed by atoms with Gasteiger partial charge in [0.1, 0.15) is 5.82 Å². The summed E-state index contributed by atoms with van der Waals surface area (Å²) in [4.78, 5) is 11.5. The smallest absolute Gasteiger partial charge is 0.254 e. The van der Waals surface area contributed by atoms with Gasteiger partial charge in [-0.2, -0.15) is 0 Å². The Hall–Kier alpha value is -1.13. The lowest BCUT2D eigenvalue weighted by atomic mass is 10.2. The molecule has 0 spiro atoms. The summed E-state index contributed by atoms with van der Waals surface area (Å²) in [5, 5.41) is 11.4. The van der Waals surface area contributed by atoms with Gasteiger partial charge in [0.05, 0.1) is 12.2 Å². The third kappa shape index (κ3) is 3.18. The zero-order chi connectivity index (χ0) is 11.4. The third-order valence-electron chi connectivity index (χ3n) is 1.82. The summed E-state index contributed by atoms with van der Waals surface area (Å²) in [7, 11) is 0. The van der Waals surface area contributed by atoms with E-state index in [0.717, 1.165) is 6.07 Å². The molecule has 1 atom stereocenters. The number of carbonyl (C=O) groups is 1. The van der Waals surface area contributed by atoms with E-state index in [0.29, 0.717) is 5.02 Å². The van der Waals surface area contributed by atoms with E-state index in [1.807, 2.05) is 0 Å². The quantitative estimate of drug-likeness (QED) is 0.830. The molecule has 82 valence electrons. The fourth-order valence-corrected chi connectivity index (χ4v) is 1.19. The van der Waals surface area contributed by atoms with Crippen molar-refractivity contribution in [2.24, 2.45) is 0 Å². The van der Waals surface area contributed by atoms with Gasteiger partial charge in [-0.3, -0.25) is 4.79 Å². The van der Waals surface area contributed by atoms with Gasteiger partial charge < -0.3 is 10.4 Å². The Morgan fingerprint density at radius 2 is 2.33 bits per heavy atom. The topological polar surface area (TPSA) is 49.3 Å². The molecule has 0 heterocycles. The number of amides is 1. The van der Waals surface area contributed by atoms with E-state index < -0.39 is 17.8 Å². The summed E-state index contributed by atoms with van der Waals surface area (Å²) in [6.07, 6.45) is 0. The van der Waals surface area contributed by atoms with Gasteiger partial charge in [0, 0.05) is 11.1 Å². The number of nitrogens with one attached hydrogen (secondary N) is 1.